The molecule has 0 fully saturated rings. The molecule has 0 amide bonds. The summed E-state index contributed by atoms with van der Waals surface area (Å²) in [6, 6.07) is 5.25. The minimum absolute atomic E-state index is 0.294. The van der Waals surface area contributed by atoms with Gasteiger partial charge in [0.05, 0.1) is 16.6 Å². The third kappa shape index (κ3) is 3.37. The number of imidazole rings is 1. The second-order valence-electron chi connectivity index (χ2n) is 6.43. The van der Waals surface area contributed by atoms with Gasteiger partial charge in [-0.25, -0.2) is 9.78 Å². The third-order valence-corrected chi connectivity index (χ3v) is 6.28. The fraction of sp³-hybridized carbons (Fsp3) is 0.235. The highest BCUT2D eigenvalue weighted by molar-refractivity contribution is 7.99. The first-order valence-electron chi connectivity index (χ1n) is 8.40. The Bertz CT molecular complexity index is 1370. The van der Waals surface area contributed by atoms with E-state index in [1.54, 1.807) is 34.6 Å². The van der Waals surface area contributed by atoms with Gasteiger partial charge in [-0.2, -0.15) is 0 Å². The topological polar surface area (TPSA) is 92.5 Å². The van der Waals surface area contributed by atoms with E-state index in [2.05, 4.69) is 15.2 Å². The Kier molecular flexibility index (Phi) is 5.01. The van der Waals surface area contributed by atoms with E-state index in [1.165, 1.54) is 23.4 Å². The smallest absolute Gasteiger partial charge is 0.311 e. The van der Waals surface area contributed by atoms with Gasteiger partial charge < -0.3 is 9.13 Å². The lowest BCUT2D eigenvalue weighted by Gasteiger charge is -2.10. The van der Waals surface area contributed by atoms with E-state index < -0.39 is 11.2 Å². The van der Waals surface area contributed by atoms with Crippen LogP contribution in [-0.2, 0) is 27.7 Å². The van der Waals surface area contributed by atoms with Gasteiger partial charge in [0.25, 0.3) is 5.56 Å². The number of benzene rings is 1. The Balaban J connectivity index is 1.96. The zero-order valence-electron chi connectivity index (χ0n) is 15.6. The number of rotatable bonds is 4. The molecule has 0 saturated carbocycles. The molecule has 1 aromatic carbocycles. The Labute approximate surface area is 178 Å². The maximum Gasteiger partial charge on any atom is 0.332 e. The maximum atomic E-state index is 12.9. The molecule has 12 heteroatoms. The second kappa shape index (κ2) is 7.36. The number of hydrogen-bond acceptors (Lipinski definition) is 6. The molecule has 0 spiro atoms. The number of nitrogens with zero attached hydrogens (tertiary/aromatic N) is 7. The summed E-state index contributed by atoms with van der Waals surface area (Å²) in [5.74, 6) is 0. The van der Waals surface area contributed by atoms with E-state index in [0.29, 0.717) is 38.1 Å². The predicted molar refractivity (Wildman–Crippen MR) is 111 cm³/mol. The van der Waals surface area contributed by atoms with Crippen LogP contribution in [0.2, 0.25) is 10.0 Å². The van der Waals surface area contributed by atoms with Gasteiger partial charge in [-0.05, 0) is 29.5 Å². The van der Waals surface area contributed by atoms with Crippen molar-refractivity contribution in [2.24, 2.45) is 21.1 Å². The van der Waals surface area contributed by atoms with Crippen LogP contribution in [-0.4, -0.2) is 33.4 Å². The van der Waals surface area contributed by atoms with Gasteiger partial charge in [-0.15, -0.1) is 10.2 Å². The molecule has 0 saturated heterocycles. The van der Waals surface area contributed by atoms with E-state index in [4.69, 9.17) is 23.2 Å². The lowest BCUT2D eigenvalue weighted by Crippen LogP contribution is -2.37. The Morgan fingerprint density at radius 1 is 1.03 bits per heavy atom. The van der Waals surface area contributed by atoms with E-state index in [-0.39, 0.29) is 0 Å². The van der Waals surface area contributed by atoms with E-state index in [1.807, 2.05) is 13.1 Å². The fourth-order valence-corrected chi connectivity index (χ4v) is 4.08. The monoisotopic (exact) mass is 451 g/mol. The first-order chi connectivity index (χ1) is 13.8. The molecular formula is C17H15Cl2N7O2S. The molecule has 0 aliphatic rings. The summed E-state index contributed by atoms with van der Waals surface area (Å²) in [6.45, 7) is 0.307. The Morgan fingerprint density at radius 2 is 1.79 bits per heavy atom. The zero-order chi connectivity index (χ0) is 20.9. The average Bonchev–Trinajstić information content (AvgIpc) is 3.25. The van der Waals surface area contributed by atoms with Gasteiger partial charge in [-0.1, -0.05) is 29.3 Å². The normalized spacial score (nSPS) is 11.5. The SMILES string of the molecule is Cn1cnnc1Sc1nc2c(c(=O)n(C)c(=O)n2C)n1Cc1ccc(Cl)c(Cl)c1. The number of aromatic nitrogens is 7. The minimum Gasteiger partial charge on any atom is -0.311 e. The quantitative estimate of drug-likeness (QED) is 0.471. The van der Waals surface area contributed by atoms with Crippen molar-refractivity contribution in [2.75, 3.05) is 0 Å². The molecule has 4 aromatic rings. The van der Waals surface area contributed by atoms with Crippen molar-refractivity contribution < 1.29 is 0 Å². The van der Waals surface area contributed by atoms with Gasteiger partial charge in [0.2, 0.25) is 0 Å². The van der Waals surface area contributed by atoms with Gasteiger partial charge >= 0.3 is 5.69 Å². The maximum absolute atomic E-state index is 12.9. The second-order valence-corrected chi connectivity index (χ2v) is 8.18. The largest absolute Gasteiger partial charge is 0.332 e. The standard InChI is InChI=1S/C17H15Cl2N7O2S/c1-23-8-20-22-16(23)29-15-21-13-12(14(27)25(3)17(28)24(13)2)26(15)7-9-4-5-10(18)11(19)6-9/h4-6,8H,7H2,1-3H3. The number of aryl methyl sites for hydroxylation is 2. The van der Waals surface area contributed by atoms with Crippen molar-refractivity contribution in [1.82, 2.24) is 33.4 Å². The lowest BCUT2D eigenvalue weighted by molar-refractivity contribution is 0.695. The van der Waals surface area contributed by atoms with Crippen LogP contribution >= 0.6 is 35.0 Å². The van der Waals surface area contributed by atoms with Crippen LogP contribution in [0, 0.1) is 0 Å². The van der Waals surface area contributed by atoms with E-state index in [9.17, 15) is 9.59 Å². The molecule has 0 aliphatic heterocycles. The molecule has 0 bridgehead atoms. The predicted octanol–water partition coefficient (Wildman–Crippen LogP) is 2.07. The third-order valence-electron chi connectivity index (χ3n) is 4.49. The van der Waals surface area contributed by atoms with Crippen LogP contribution in [0.25, 0.3) is 11.2 Å². The minimum atomic E-state index is -0.447. The summed E-state index contributed by atoms with van der Waals surface area (Å²) >= 11 is 13.4. The van der Waals surface area contributed by atoms with E-state index in [0.717, 1.165) is 10.1 Å². The van der Waals surface area contributed by atoms with Crippen LogP contribution in [0.15, 0.2) is 44.4 Å². The molecule has 150 valence electrons. The van der Waals surface area contributed by atoms with Crippen LogP contribution in [0.5, 0.6) is 0 Å². The lowest BCUT2D eigenvalue weighted by atomic mass is 10.2. The molecule has 0 N–H and O–H groups in total. The van der Waals surface area contributed by atoms with Crippen molar-refractivity contribution in [3.63, 3.8) is 0 Å². The molecule has 4 rings (SSSR count). The van der Waals surface area contributed by atoms with Gasteiger partial charge in [0.15, 0.2) is 21.5 Å². The summed E-state index contributed by atoms with van der Waals surface area (Å²) in [5, 5.41) is 9.89. The molecule has 0 radical (unpaired) electrons. The summed E-state index contributed by atoms with van der Waals surface area (Å²) in [4.78, 5) is 29.8. The number of hydrogen-bond donors (Lipinski definition) is 0. The van der Waals surface area contributed by atoms with Crippen LogP contribution in [0.3, 0.4) is 0 Å². The zero-order valence-corrected chi connectivity index (χ0v) is 18.0. The van der Waals surface area contributed by atoms with Crippen molar-refractivity contribution >= 4 is 46.1 Å². The van der Waals surface area contributed by atoms with Crippen LogP contribution in [0.1, 0.15) is 5.56 Å². The van der Waals surface area contributed by atoms with Gasteiger partial charge in [-0.3, -0.25) is 13.9 Å². The molecule has 0 atom stereocenters. The Hall–Kier alpha value is -2.56. The fourth-order valence-electron chi connectivity index (χ4n) is 2.92. The summed E-state index contributed by atoms with van der Waals surface area (Å²) in [7, 11) is 4.83. The van der Waals surface area contributed by atoms with Crippen molar-refractivity contribution in [2.45, 2.75) is 16.9 Å². The first-order valence-corrected chi connectivity index (χ1v) is 9.97. The summed E-state index contributed by atoms with van der Waals surface area (Å²) in [6.07, 6.45) is 1.57. The Morgan fingerprint density at radius 3 is 2.45 bits per heavy atom. The molecule has 3 heterocycles. The number of halogens is 2. The van der Waals surface area contributed by atoms with Crippen molar-refractivity contribution in [3.8, 4) is 0 Å². The van der Waals surface area contributed by atoms with Gasteiger partial charge in [0, 0.05) is 21.1 Å². The van der Waals surface area contributed by atoms with E-state index >= 15 is 0 Å². The van der Waals surface area contributed by atoms with Crippen molar-refractivity contribution in [1.29, 1.82) is 0 Å². The number of fused-ring (bicyclic) bond motifs is 1. The molecule has 0 unspecified atom stereocenters. The molecular weight excluding hydrogens is 437 g/mol. The molecule has 0 aliphatic carbocycles. The molecule has 29 heavy (non-hydrogen) atoms. The van der Waals surface area contributed by atoms with Crippen molar-refractivity contribution in [3.05, 3.63) is 61.0 Å². The molecule has 9 nitrogen and oxygen atoms in total. The summed E-state index contributed by atoms with van der Waals surface area (Å²) in [5.41, 5.74) is 0.556. The highest BCUT2D eigenvalue weighted by atomic mass is 35.5. The van der Waals surface area contributed by atoms with Crippen LogP contribution < -0.4 is 11.2 Å². The highest BCUT2D eigenvalue weighted by Crippen LogP contribution is 2.29. The van der Waals surface area contributed by atoms with Gasteiger partial charge in [0.1, 0.15) is 6.33 Å². The molecule has 3 aromatic heterocycles. The van der Waals surface area contributed by atoms with Crippen LogP contribution in [0.4, 0.5) is 0 Å². The first kappa shape index (κ1) is 19.7. The average molecular weight is 452 g/mol. The highest BCUT2D eigenvalue weighted by Gasteiger charge is 2.21. The summed E-state index contributed by atoms with van der Waals surface area (Å²) < 4.78 is 5.90.